The maximum atomic E-state index is 13.3. The second kappa shape index (κ2) is 6.30. The molecule has 4 rings (SSSR count). The third-order valence-corrected chi connectivity index (χ3v) is 4.83. The number of nitrogens with zero attached hydrogens (tertiary/aromatic N) is 2. The number of fused-ring (bicyclic) bond motifs is 1. The van der Waals surface area contributed by atoms with E-state index in [-0.39, 0.29) is 18.5 Å². The highest BCUT2D eigenvalue weighted by Crippen LogP contribution is 2.36. The first-order valence-corrected chi connectivity index (χ1v) is 8.61. The third kappa shape index (κ3) is 3.38. The van der Waals surface area contributed by atoms with Gasteiger partial charge < -0.3 is 10.2 Å². The highest BCUT2D eigenvalue weighted by Gasteiger charge is 2.35. The number of alkyl halides is 3. The minimum atomic E-state index is -4.37. The monoisotopic (exact) mass is 361 g/mol. The van der Waals surface area contributed by atoms with Gasteiger partial charge in [-0.3, -0.25) is 4.79 Å². The Morgan fingerprint density at radius 1 is 1.19 bits per heavy atom. The van der Waals surface area contributed by atoms with Crippen molar-refractivity contribution in [3.05, 3.63) is 58.8 Å². The average molecular weight is 361 g/mol. The molecule has 2 heterocycles. The van der Waals surface area contributed by atoms with Gasteiger partial charge in [0.2, 0.25) is 0 Å². The summed E-state index contributed by atoms with van der Waals surface area (Å²) in [4.78, 5) is 18.1. The number of benzene rings is 1. The van der Waals surface area contributed by atoms with E-state index >= 15 is 0 Å². The maximum Gasteiger partial charge on any atom is 0.416 e. The van der Waals surface area contributed by atoms with Gasteiger partial charge in [-0.25, -0.2) is 4.98 Å². The fourth-order valence-electron chi connectivity index (χ4n) is 3.25. The van der Waals surface area contributed by atoms with Crippen molar-refractivity contribution < 1.29 is 18.0 Å². The summed E-state index contributed by atoms with van der Waals surface area (Å²) >= 11 is 0. The molecule has 0 radical (unpaired) electrons. The molecule has 1 aromatic heterocycles. The lowest BCUT2D eigenvalue weighted by molar-refractivity contribution is -0.138. The van der Waals surface area contributed by atoms with E-state index in [1.807, 2.05) is 4.90 Å². The van der Waals surface area contributed by atoms with E-state index in [4.69, 9.17) is 0 Å². The van der Waals surface area contributed by atoms with Gasteiger partial charge in [0.05, 0.1) is 11.1 Å². The van der Waals surface area contributed by atoms with E-state index < -0.39 is 11.7 Å². The van der Waals surface area contributed by atoms with Crippen molar-refractivity contribution in [2.45, 2.75) is 38.0 Å². The zero-order chi connectivity index (χ0) is 18.3. The fraction of sp³-hybridized carbons (Fsp3) is 0.368. The molecule has 0 atom stereocenters. The van der Waals surface area contributed by atoms with Crippen molar-refractivity contribution in [3.8, 4) is 0 Å². The van der Waals surface area contributed by atoms with Crippen LogP contribution >= 0.6 is 0 Å². The molecule has 136 valence electrons. The number of hydrogen-bond donors (Lipinski definition) is 1. The minimum Gasteiger partial charge on any atom is -0.352 e. The summed E-state index contributed by atoms with van der Waals surface area (Å²) in [5, 5.41) is 2.89. The van der Waals surface area contributed by atoms with E-state index in [1.54, 1.807) is 18.2 Å². The number of anilines is 1. The standard InChI is InChI=1S/C19H18F3N3O/c20-19(21,22)16-3-1-2-12-8-9-25(11-15(12)16)17-7-4-13(10-23-17)18(26)24-14-5-6-14/h1-4,7,10,14H,5-6,8-9,11H2,(H,24,26). The first-order chi connectivity index (χ1) is 12.4. The van der Waals surface area contributed by atoms with Crippen LogP contribution in [-0.2, 0) is 19.1 Å². The number of halogens is 3. The molecule has 2 aromatic rings. The van der Waals surface area contributed by atoms with Gasteiger partial charge >= 0.3 is 6.18 Å². The Hall–Kier alpha value is -2.57. The van der Waals surface area contributed by atoms with E-state index in [9.17, 15) is 18.0 Å². The summed E-state index contributed by atoms with van der Waals surface area (Å²) in [6, 6.07) is 7.97. The zero-order valence-corrected chi connectivity index (χ0v) is 14.0. The molecule has 1 saturated carbocycles. The van der Waals surface area contributed by atoms with E-state index in [0.717, 1.165) is 24.5 Å². The summed E-state index contributed by atoms with van der Waals surface area (Å²) in [5.41, 5.74) is 0.925. The van der Waals surface area contributed by atoms with Crippen molar-refractivity contribution in [2.75, 3.05) is 11.4 Å². The van der Waals surface area contributed by atoms with E-state index in [0.29, 0.717) is 29.9 Å². The van der Waals surface area contributed by atoms with Crippen molar-refractivity contribution in [2.24, 2.45) is 0 Å². The second-order valence-electron chi connectivity index (χ2n) is 6.77. The Bertz CT molecular complexity index is 829. The predicted molar refractivity (Wildman–Crippen MR) is 90.9 cm³/mol. The van der Waals surface area contributed by atoms with Crippen molar-refractivity contribution in [3.63, 3.8) is 0 Å². The van der Waals surface area contributed by atoms with E-state index in [2.05, 4.69) is 10.3 Å². The summed E-state index contributed by atoms with van der Waals surface area (Å²) in [6.07, 6.45) is -0.340. The van der Waals surface area contributed by atoms with Gasteiger partial charge in [-0.15, -0.1) is 0 Å². The zero-order valence-electron chi connectivity index (χ0n) is 14.0. The van der Waals surface area contributed by atoms with Gasteiger partial charge in [0.25, 0.3) is 5.91 Å². The van der Waals surface area contributed by atoms with Gasteiger partial charge in [-0.05, 0) is 48.6 Å². The Morgan fingerprint density at radius 2 is 2.00 bits per heavy atom. The van der Waals surface area contributed by atoms with Crippen molar-refractivity contribution in [1.82, 2.24) is 10.3 Å². The number of carbonyl (C=O) groups excluding carboxylic acids is 1. The Kier molecular flexibility index (Phi) is 4.09. The molecule has 0 spiro atoms. The smallest absolute Gasteiger partial charge is 0.352 e. The number of hydrogen-bond acceptors (Lipinski definition) is 3. The second-order valence-corrected chi connectivity index (χ2v) is 6.77. The number of aromatic nitrogens is 1. The van der Waals surface area contributed by atoms with Gasteiger partial charge in [0.1, 0.15) is 5.82 Å². The Morgan fingerprint density at radius 3 is 2.65 bits per heavy atom. The van der Waals surface area contributed by atoms with Crippen LogP contribution in [-0.4, -0.2) is 23.5 Å². The average Bonchev–Trinajstić information content (AvgIpc) is 3.44. The lowest BCUT2D eigenvalue weighted by Crippen LogP contribution is -2.33. The summed E-state index contributed by atoms with van der Waals surface area (Å²) < 4.78 is 39.8. The molecule has 1 aromatic carbocycles. The largest absolute Gasteiger partial charge is 0.416 e. The highest BCUT2D eigenvalue weighted by molar-refractivity contribution is 5.94. The molecule has 1 N–H and O–H groups in total. The molecule has 1 aliphatic heterocycles. The molecule has 0 saturated heterocycles. The predicted octanol–water partition coefficient (Wildman–Crippen LogP) is 3.56. The SMILES string of the molecule is O=C(NC1CC1)c1ccc(N2CCc3cccc(C(F)(F)F)c3C2)nc1. The molecule has 0 bridgehead atoms. The summed E-state index contributed by atoms with van der Waals surface area (Å²) in [6.45, 7) is 0.751. The summed E-state index contributed by atoms with van der Waals surface area (Å²) in [7, 11) is 0. The molecule has 0 unspecified atom stereocenters. The van der Waals surface area contributed by atoms with Gasteiger partial charge in [0, 0.05) is 25.3 Å². The first kappa shape index (κ1) is 16.9. The van der Waals surface area contributed by atoms with Crippen LogP contribution < -0.4 is 10.2 Å². The quantitative estimate of drug-likeness (QED) is 0.909. The fourth-order valence-corrected chi connectivity index (χ4v) is 3.25. The lowest BCUT2D eigenvalue weighted by Gasteiger charge is -2.31. The van der Waals surface area contributed by atoms with Crippen LogP contribution in [0.1, 0.15) is 39.9 Å². The van der Waals surface area contributed by atoms with Crippen LogP contribution in [0.3, 0.4) is 0 Å². The van der Waals surface area contributed by atoms with Crippen molar-refractivity contribution in [1.29, 1.82) is 0 Å². The number of rotatable bonds is 3. The molecule has 1 aliphatic carbocycles. The number of nitrogens with one attached hydrogen (secondary N) is 1. The van der Waals surface area contributed by atoms with Crippen LogP contribution in [0.5, 0.6) is 0 Å². The Balaban J connectivity index is 1.54. The number of pyridine rings is 1. The maximum absolute atomic E-state index is 13.3. The van der Waals surface area contributed by atoms with Crippen LogP contribution in [0, 0.1) is 0 Å². The normalized spacial score (nSPS) is 17.0. The molecule has 4 nitrogen and oxygen atoms in total. The van der Waals surface area contributed by atoms with Gasteiger partial charge in [0.15, 0.2) is 0 Å². The van der Waals surface area contributed by atoms with Crippen LogP contribution in [0.15, 0.2) is 36.5 Å². The summed E-state index contributed by atoms with van der Waals surface area (Å²) in [5.74, 6) is 0.422. The van der Waals surface area contributed by atoms with Gasteiger partial charge in [-0.2, -0.15) is 13.2 Å². The highest BCUT2D eigenvalue weighted by atomic mass is 19.4. The topological polar surface area (TPSA) is 45.2 Å². The van der Waals surface area contributed by atoms with Crippen molar-refractivity contribution >= 4 is 11.7 Å². The number of amides is 1. The molecule has 7 heteroatoms. The van der Waals surface area contributed by atoms with Crippen LogP contribution in [0.4, 0.5) is 19.0 Å². The molecular formula is C19H18F3N3O. The van der Waals surface area contributed by atoms with Crippen LogP contribution in [0.25, 0.3) is 0 Å². The third-order valence-electron chi connectivity index (χ3n) is 4.83. The number of carbonyl (C=O) groups is 1. The minimum absolute atomic E-state index is 0.158. The van der Waals surface area contributed by atoms with E-state index in [1.165, 1.54) is 12.3 Å². The van der Waals surface area contributed by atoms with Crippen LogP contribution in [0.2, 0.25) is 0 Å². The molecule has 1 fully saturated rings. The Labute approximate surface area is 149 Å². The lowest BCUT2D eigenvalue weighted by atomic mass is 9.94. The molecule has 2 aliphatic rings. The first-order valence-electron chi connectivity index (χ1n) is 8.61. The van der Waals surface area contributed by atoms with Gasteiger partial charge in [-0.1, -0.05) is 12.1 Å². The molecular weight excluding hydrogens is 343 g/mol. The molecule has 26 heavy (non-hydrogen) atoms. The molecule has 1 amide bonds.